The second kappa shape index (κ2) is 54.9. The van der Waals surface area contributed by atoms with Crippen molar-refractivity contribution in [2.45, 2.75) is 320 Å². The Balaban J connectivity index is 5.13. The van der Waals surface area contributed by atoms with Gasteiger partial charge in [-0.3, -0.25) is 14.4 Å². The molecule has 0 radical (unpaired) electrons. The van der Waals surface area contributed by atoms with Gasteiger partial charge in [-0.1, -0.05) is 207 Å². The van der Waals surface area contributed by atoms with Crippen LogP contribution in [0.4, 0.5) is 0 Å². The Morgan fingerprint density at radius 2 is 0.654 bits per heavy atom. The third-order valence-corrected chi connectivity index (χ3v) is 14.6. The predicted octanol–water partition coefficient (Wildman–Crippen LogP) is 14.6. The van der Waals surface area contributed by atoms with Crippen LogP contribution >= 0.6 is 0 Å². The maximum atomic E-state index is 13.0. The van der Waals surface area contributed by atoms with Gasteiger partial charge in [0.15, 0.2) is 6.10 Å². The van der Waals surface area contributed by atoms with E-state index in [4.69, 9.17) is 28.4 Å². The van der Waals surface area contributed by atoms with Gasteiger partial charge in [0.1, 0.15) is 31.5 Å². The zero-order chi connectivity index (χ0) is 60.0. The van der Waals surface area contributed by atoms with Crippen molar-refractivity contribution in [3.05, 3.63) is 50.1 Å². The number of hydrogen-bond donors (Lipinski definition) is 3. The molecule has 0 spiro atoms. The highest BCUT2D eigenvalue weighted by atomic mass is 16.6. The number of ether oxygens (including phenoxy) is 6. The first-order chi connectivity index (χ1) is 39.2. The summed E-state index contributed by atoms with van der Waals surface area (Å²) in [6.45, 7) is 16.3. The normalized spacial score (nSPS) is 14.0. The summed E-state index contributed by atoms with van der Waals surface area (Å²) in [4.78, 5) is 75.0. The van der Waals surface area contributed by atoms with Gasteiger partial charge in [0.05, 0.1) is 18.3 Å². The van der Waals surface area contributed by atoms with E-state index >= 15 is 0 Å². The topological polar surface area (TPSA) is 218 Å². The van der Waals surface area contributed by atoms with E-state index in [0.717, 1.165) is 121 Å². The second-order valence-corrected chi connectivity index (χ2v) is 22.0. The molecule has 0 aliphatic carbocycles. The molecule has 0 aliphatic rings. The molecule has 3 N–H and O–H groups in total. The quantitative estimate of drug-likeness (QED) is 0.0170. The number of aliphatic hydroxyl groups excluding tert-OH is 3. The number of carbonyl (C=O) groups is 6. The highest BCUT2D eigenvalue weighted by molar-refractivity contribution is 5.82. The Bertz CT molecular complexity index is 1660. The van der Waals surface area contributed by atoms with Crippen molar-refractivity contribution in [2.24, 2.45) is 0 Å². The molecule has 0 saturated carbocycles. The lowest BCUT2D eigenvalue weighted by atomic mass is 9.96. The maximum Gasteiger partial charge on any atom is 0.330 e. The molecule has 0 heterocycles. The minimum Gasteiger partial charge on any atom is -0.462 e. The number of carbonyl (C=O) groups excluding carboxylic acids is 6. The molecule has 7 unspecified atom stereocenters. The fraction of sp³-hybridized carbons (Fsp3) is 0.788. The molecule has 0 aromatic carbocycles. The number of esters is 6. The Morgan fingerprint density at radius 3 is 1.05 bits per heavy atom. The molecule has 0 aromatic rings. The molecular formula is C66H114O15. The monoisotopic (exact) mass is 1150 g/mol. The Kier molecular flexibility index (Phi) is 51.9. The molecule has 15 nitrogen and oxygen atoms in total. The SMILES string of the molecule is C=CC(=O)OC(CCCCCCCC(=O)OCC(COC(=O)CCCCCCCC(O)C(CC(OC(=O)C=C)C(O)CCCCC)OC(=O)C=C)OC(=O)CCCCCCCC=CCCCCCCCC)C(O)CCCCCCCC. The van der Waals surface area contributed by atoms with Crippen LogP contribution < -0.4 is 0 Å². The average Bonchev–Trinajstić information content (AvgIpc) is 3.46. The largest absolute Gasteiger partial charge is 0.462 e. The highest BCUT2D eigenvalue weighted by Gasteiger charge is 2.32. The molecule has 15 heteroatoms. The van der Waals surface area contributed by atoms with Crippen molar-refractivity contribution >= 4 is 35.8 Å². The molecule has 81 heavy (non-hydrogen) atoms. The summed E-state index contributed by atoms with van der Waals surface area (Å²) in [6.07, 6.45) is 34.4. The number of allylic oxidation sites excluding steroid dienone is 2. The number of unbranched alkanes of at least 4 members (excludes halogenated alkanes) is 26. The molecule has 0 aromatic heterocycles. The van der Waals surface area contributed by atoms with Gasteiger partial charge < -0.3 is 43.7 Å². The van der Waals surface area contributed by atoms with Crippen LogP contribution in [0.1, 0.15) is 278 Å². The van der Waals surface area contributed by atoms with Crippen LogP contribution in [0.15, 0.2) is 50.1 Å². The van der Waals surface area contributed by atoms with Crippen molar-refractivity contribution in [2.75, 3.05) is 13.2 Å². The van der Waals surface area contributed by atoms with Crippen molar-refractivity contribution in [3.8, 4) is 0 Å². The van der Waals surface area contributed by atoms with E-state index in [2.05, 4.69) is 45.7 Å². The minimum absolute atomic E-state index is 0.106. The molecule has 0 bridgehead atoms. The smallest absolute Gasteiger partial charge is 0.330 e. The van der Waals surface area contributed by atoms with Gasteiger partial charge in [0.2, 0.25) is 0 Å². The molecule has 468 valence electrons. The summed E-state index contributed by atoms with van der Waals surface area (Å²) in [5, 5.41) is 32.8. The molecular weight excluding hydrogens is 1030 g/mol. The molecule has 0 aliphatic heterocycles. The van der Waals surface area contributed by atoms with Gasteiger partial charge in [-0.15, -0.1) is 0 Å². The van der Waals surface area contributed by atoms with Gasteiger partial charge in [0.25, 0.3) is 0 Å². The standard InChI is InChI=1S/C66H114O15/c1-7-13-16-18-20-21-22-23-24-25-26-27-28-34-43-50-66(75)78-54(53-77-65(74)49-42-36-30-33-40-47-58(79-61(70)10-4)55(67)45-38-31-19-17-14-8-2)52-76-64(73)48-41-35-29-32-39-46-57(69)60(81-63(72)12-6)51-59(80-62(71)11-5)56(68)44-37-15-9-3/h10-12,23-24,54-60,67-69H,4-9,13-22,25-53H2,1-3H3. The van der Waals surface area contributed by atoms with E-state index in [0.29, 0.717) is 64.2 Å². The Labute approximate surface area is 490 Å². The zero-order valence-corrected chi connectivity index (χ0v) is 51.0. The van der Waals surface area contributed by atoms with Gasteiger partial charge >= 0.3 is 35.8 Å². The van der Waals surface area contributed by atoms with Crippen molar-refractivity contribution in [3.63, 3.8) is 0 Å². The van der Waals surface area contributed by atoms with E-state index in [1.54, 1.807) is 0 Å². The lowest BCUT2D eigenvalue weighted by molar-refractivity contribution is -0.167. The summed E-state index contributed by atoms with van der Waals surface area (Å²) in [5.41, 5.74) is 0. The van der Waals surface area contributed by atoms with Gasteiger partial charge in [0, 0.05) is 43.9 Å². The molecule has 0 amide bonds. The predicted molar refractivity (Wildman–Crippen MR) is 321 cm³/mol. The van der Waals surface area contributed by atoms with Gasteiger partial charge in [-0.2, -0.15) is 0 Å². The lowest BCUT2D eigenvalue weighted by Gasteiger charge is -2.29. The van der Waals surface area contributed by atoms with E-state index < -0.39 is 78.5 Å². The zero-order valence-electron chi connectivity index (χ0n) is 51.0. The summed E-state index contributed by atoms with van der Waals surface area (Å²) >= 11 is 0. The van der Waals surface area contributed by atoms with Crippen LogP contribution in [-0.4, -0.2) is 107 Å². The van der Waals surface area contributed by atoms with Crippen LogP contribution in [0.3, 0.4) is 0 Å². The maximum absolute atomic E-state index is 13.0. The van der Waals surface area contributed by atoms with Crippen molar-refractivity contribution < 1.29 is 72.5 Å². The number of hydrogen-bond acceptors (Lipinski definition) is 15. The molecule has 7 atom stereocenters. The highest BCUT2D eigenvalue weighted by Crippen LogP contribution is 2.23. The first-order valence-electron chi connectivity index (χ1n) is 31.9. The molecule has 0 saturated heterocycles. The van der Waals surface area contributed by atoms with E-state index in [9.17, 15) is 44.1 Å². The molecule has 0 rings (SSSR count). The number of aliphatic hydroxyl groups is 3. The Hall–Kier alpha value is -4.34. The van der Waals surface area contributed by atoms with Crippen LogP contribution in [0, 0.1) is 0 Å². The summed E-state index contributed by atoms with van der Waals surface area (Å²) in [7, 11) is 0. The average molecular weight is 1150 g/mol. The van der Waals surface area contributed by atoms with Crippen LogP contribution in [0.5, 0.6) is 0 Å². The van der Waals surface area contributed by atoms with E-state index in [-0.39, 0.29) is 45.3 Å². The van der Waals surface area contributed by atoms with Gasteiger partial charge in [-0.25, -0.2) is 14.4 Å². The fourth-order valence-electron chi connectivity index (χ4n) is 9.53. The molecule has 0 fully saturated rings. The third-order valence-electron chi connectivity index (χ3n) is 14.6. The second-order valence-electron chi connectivity index (χ2n) is 22.0. The van der Waals surface area contributed by atoms with E-state index in [1.165, 1.54) is 57.8 Å². The van der Waals surface area contributed by atoms with Crippen molar-refractivity contribution in [1.29, 1.82) is 0 Å². The first-order valence-corrected chi connectivity index (χ1v) is 31.9. The lowest BCUT2D eigenvalue weighted by Crippen LogP contribution is -2.40. The third kappa shape index (κ3) is 46.8. The summed E-state index contributed by atoms with van der Waals surface area (Å²) < 4.78 is 33.2. The fourth-order valence-corrected chi connectivity index (χ4v) is 9.53. The first kappa shape index (κ1) is 76.7. The summed E-state index contributed by atoms with van der Waals surface area (Å²) in [5.74, 6) is -3.37. The van der Waals surface area contributed by atoms with Crippen LogP contribution in [0.25, 0.3) is 0 Å². The van der Waals surface area contributed by atoms with Crippen LogP contribution in [0.2, 0.25) is 0 Å². The Morgan fingerprint density at radius 1 is 0.358 bits per heavy atom. The van der Waals surface area contributed by atoms with Crippen LogP contribution in [-0.2, 0) is 57.2 Å². The summed E-state index contributed by atoms with van der Waals surface area (Å²) in [6, 6.07) is 0. The van der Waals surface area contributed by atoms with E-state index in [1.807, 2.05) is 6.92 Å². The van der Waals surface area contributed by atoms with Crippen molar-refractivity contribution in [1.82, 2.24) is 0 Å². The van der Waals surface area contributed by atoms with Gasteiger partial charge in [-0.05, 0) is 77.0 Å². The minimum atomic E-state index is -1.10. The number of rotatable bonds is 58.